The number of pyridine rings is 1. The van der Waals surface area contributed by atoms with Crippen LogP contribution in [0.4, 0.5) is 0 Å². The van der Waals surface area contributed by atoms with Crippen LogP contribution in [0, 0.1) is 0 Å². The molecular formula is C18H16N2OS. The van der Waals surface area contributed by atoms with Gasteiger partial charge in [-0.3, -0.25) is 9.78 Å². The van der Waals surface area contributed by atoms with Gasteiger partial charge in [-0.05, 0) is 23.1 Å². The van der Waals surface area contributed by atoms with Crippen LogP contribution in [0.1, 0.15) is 15.9 Å². The summed E-state index contributed by atoms with van der Waals surface area (Å²) in [7, 11) is 1.81. The molecule has 0 spiro atoms. The van der Waals surface area contributed by atoms with Crippen molar-refractivity contribution < 1.29 is 4.79 Å². The maximum absolute atomic E-state index is 12.6. The molecule has 110 valence electrons. The Labute approximate surface area is 133 Å². The average molecular weight is 308 g/mol. The molecule has 3 rings (SSSR count). The molecule has 1 amide bonds. The first-order valence-electron chi connectivity index (χ1n) is 7.02. The minimum absolute atomic E-state index is 0.0187. The van der Waals surface area contributed by atoms with E-state index in [4.69, 9.17) is 0 Å². The first-order chi connectivity index (χ1) is 10.7. The number of hydrogen-bond acceptors (Lipinski definition) is 3. The van der Waals surface area contributed by atoms with E-state index in [9.17, 15) is 4.79 Å². The van der Waals surface area contributed by atoms with Crippen LogP contribution < -0.4 is 0 Å². The Morgan fingerprint density at radius 3 is 2.68 bits per heavy atom. The number of aromatic nitrogens is 1. The van der Waals surface area contributed by atoms with Gasteiger partial charge < -0.3 is 4.90 Å². The summed E-state index contributed by atoms with van der Waals surface area (Å²) in [5, 5.41) is 2.02. The monoisotopic (exact) mass is 308 g/mol. The minimum Gasteiger partial charge on any atom is -0.337 e. The number of thiophene rings is 1. The maximum Gasteiger partial charge on any atom is 0.255 e. The van der Waals surface area contributed by atoms with Crippen molar-refractivity contribution in [3.8, 4) is 10.4 Å². The standard InChI is InChI=1S/C18H16N2OS/c1-20(13-14-6-3-2-4-7-14)18(21)16-10-15(11-19-12-16)17-8-5-9-22-17/h2-12H,13H2,1H3. The quantitative estimate of drug-likeness (QED) is 0.727. The van der Waals surface area contributed by atoms with Gasteiger partial charge in [-0.1, -0.05) is 36.4 Å². The highest BCUT2D eigenvalue weighted by Gasteiger charge is 2.13. The second-order valence-electron chi connectivity index (χ2n) is 5.09. The summed E-state index contributed by atoms with van der Waals surface area (Å²) in [5.41, 5.74) is 2.71. The molecule has 3 aromatic rings. The molecule has 2 aromatic heterocycles. The van der Waals surface area contributed by atoms with Crippen LogP contribution in [-0.4, -0.2) is 22.8 Å². The summed E-state index contributed by atoms with van der Waals surface area (Å²) < 4.78 is 0. The normalized spacial score (nSPS) is 10.4. The van der Waals surface area contributed by atoms with E-state index in [1.165, 1.54) is 0 Å². The Kier molecular flexibility index (Phi) is 4.30. The van der Waals surface area contributed by atoms with Gasteiger partial charge in [0.05, 0.1) is 5.56 Å². The third-order valence-corrected chi connectivity index (χ3v) is 4.32. The molecule has 0 radical (unpaired) electrons. The van der Waals surface area contributed by atoms with Crippen molar-refractivity contribution >= 4 is 17.2 Å². The molecule has 0 aliphatic heterocycles. The van der Waals surface area contributed by atoms with E-state index in [0.29, 0.717) is 12.1 Å². The van der Waals surface area contributed by atoms with E-state index in [-0.39, 0.29) is 5.91 Å². The fourth-order valence-corrected chi connectivity index (χ4v) is 2.99. The minimum atomic E-state index is -0.0187. The van der Waals surface area contributed by atoms with E-state index in [0.717, 1.165) is 16.0 Å². The summed E-state index contributed by atoms with van der Waals surface area (Å²) >= 11 is 1.64. The summed E-state index contributed by atoms with van der Waals surface area (Å²) in [4.78, 5) is 19.6. The Bertz CT molecular complexity index is 754. The molecular weight excluding hydrogens is 292 g/mol. The maximum atomic E-state index is 12.6. The first-order valence-corrected chi connectivity index (χ1v) is 7.90. The smallest absolute Gasteiger partial charge is 0.255 e. The molecule has 0 unspecified atom stereocenters. The van der Waals surface area contributed by atoms with E-state index in [1.54, 1.807) is 28.6 Å². The van der Waals surface area contributed by atoms with Crippen molar-refractivity contribution in [3.05, 3.63) is 77.4 Å². The van der Waals surface area contributed by atoms with Crippen molar-refractivity contribution in [2.24, 2.45) is 0 Å². The number of rotatable bonds is 4. The zero-order valence-corrected chi connectivity index (χ0v) is 13.1. The fourth-order valence-electron chi connectivity index (χ4n) is 2.28. The number of amides is 1. The molecule has 4 heteroatoms. The van der Waals surface area contributed by atoms with Gasteiger partial charge in [0.1, 0.15) is 0 Å². The van der Waals surface area contributed by atoms with E-state index in [2.05, 4.69) is 4.98 Å². The summed E-state index contributed by atoms with van der Waals surface area (Å²) in [5.74, 6) is -0.0187. The predicted octanol–water partition coefficient (Wildman–Crippen LogP) is 4.08. The van der Waals surface area contributed by atoms with Gasteiger partial charge in [0.2, 0.25) is 0 Å². The Morgan fingerprint density at radius 2 is 1.95 bits per heavy atom. The summed E-state index contributed by atoms with van der Waals surface area (Å²) in [6, 6.07) is 15.9. The fraction of sp³-hybridized carbons (Fsp3) is 0.111. The molecule has 0 atom stereocenters. The van der Waals surface area contributed by atoms with Crippen molar-refractivity contribution in [1.82, 2.24) is 9.88 Å². The van der Waals surface area contributed by atoms with Crippen LogP contribution in [0.25, 0.3) is 10.4 Å². The molecule has 0 fully saturated rings. The summed E-state index contributed by atoms with van der Waals surface area (Å²) in [6.45, 7) is 0.586. The van der Waals surface area contributed by atoms with E-state index in [1.807, 2.05) is 61.0 Å². The molecule has 22 heavy (non-hydrogen) atoms. The van der Waals surface area contributed by atoms with Crippen LogP contribution in [0.5, 0.6) is 0 Å². The Hall–Kier alpha value is -2.46. The third-order valence-electron chi connectivity index (χ3n) is 3.40. The van der Waals surface area contributed by atoms with Gasteiger partial charge >= 0.3 is 0 Å². The van der Waals surface area contributed by atoms with Crippen molar-refractivity contribution in [1.29, 1.82) is 0 Å². The number of benzene rings is 1. The lowest BCUT2D eigenvalue weighted by atomic mass is 10.1. The van der Waals surface area contributed by atoms with E-state index < -0.39 is 0 Å². The van der Waals surface area contributed by atoms with E-state index >= 15 is 0 Å². The van der Waals surface area contributed by atoms with Crippen LogP contribution in [0.15, 0.2) is 66.3 Å². The van der Waals surface area contributed by atoms with Crippen LogP contribution in [0.2, 0.25) is 0 Å². The Balaban J connectivity index is 1.78. The number of carbonyl (C=O) groups excluding carboxylic acids is 1. The lowest BCUT2D eigenvalue weighted by Crippen LogP contribution is -2.26. The van der Waals surface area contributed by atoms with Gasteiger partial charge in [0, 0.05) is 36.4 Å². The second kappa shape index (κ2) is 6.54. The van der Waals surface area contributed by atoms with Gasteiger partial charge in [0.15, 0.2) is 0 Å². The molecule has 1 aromatic carbocycles. The molecule has 0 saturated carbocycles. The molecule has 2 heterocycles. The van der Waals surface area contributed by atoms with Crippen LogP contribution in [-0.2, 0) is 6.54 Å². The lowest BCUT2D eigenvalue weighted by molar-refractivity contribution is 0.0784. The highest BCUT2D eigenvalue weighted by atomic mass is 32.1. The van der Waals surface area contributed by atoms with Crippen LogP contribution >= 0.6 is 11.3 Å². The van der Waals surface area contributed by atoms with Gasteiger partial charge in [-0.15, -0.1) is 11.3 Å². The number of carbonyl (C=O) groups is 1. The average Bonchev–Trinajstić information content (AvgIpc) is 3.10. The molecule has 3 nitrogen and oxygen atoms in total. The van der Waals surface area contributed by atoms with Crippen molar-refractivity contribution in [2.75, 3.05) is 7.05 Å². The molecule has 0 aliphatic carbocycles. The van der Waals surface area contributed by atoms with Crippen molar-refractivity contribution in [3.63, 3.8) is 0 Å². The predicted molar refractivity (Wildman–Crippen MR) is 89.8 cm³/mol. The zero-order valence-electron chi connectivity index (χ0n) is 12.3. The molecule has 0 aliphatic rings. The number of nitrogens with zero attached hydrogens (tertiary/aromatic N) is 2. The molecule has 0 bridgehead atoms. The van der Waals surface area contributed by atoms with Crippen LogP contribution in [0.3, 0.4) is 0 Å². The molecule has 0 N–H and O–H groups in total. The van der Waals surface area contributed by atoms with Gasteiger partial charge in [0.25, 0.3) is 5.91 Å². The summed E-state index contributed by atoms with van der Waals surface area (Å²) in [6.07, 6.45) is 3.42. The van der Waals surface area contributed by atoms with Gasteiger partial charge in [-0.25, -0.2) is 0 Å². The number of hydrogen-bond donors (Lipinski definition) is 0. The third kappa shape index (κ3) is 3.23. The van der Waals surface area contributed by atoms with Crippen molar-refractivity contribution in [2.45, 2.75) is 6.54 Å². The topological polar surface area (TPSA) is 33.2 Å². The first kappa shape index (κ1) is 14.5. The highest BCUT2D eigenvalue weighted by molar-refractivity contribution is 7.13. The SMILES string of the molecule is CN(Cc1ccccc1)C(=O)c1cncc(-c2cccs2)c1. The zero-order chi connectivity index (χ0) is 15.4. The lowest BCUT2D eigenvalue weighted by Gasteiger charge is -2.17. The highest BCUT2D eigenvalue weighted by Crippen LogP contribution is 2.24. The Morgan fingerprint density at radius 1 is 1.14 bits per heavy atom. The molecule has 0 saturated heterocycles. The largest absolute Gasteiger partial charge is 0.337 e. The van der Waals surface area contributed by atoms with Gasteiger partial charge in [-0.2, -0.15) is 0 Å². The second-order valence-corrected chi connectivity index (χ2v) is 6.03.